The minimum absolute atomic E-state index is 0.665. The van der Waals surface area contributed by atoms with Gasteiger partial charge in [-0.3, -0.25) is 0 Å². The van der Waals surface area contributed by atoms with Gasteiger partial charge in [-0.2, -0.15) is 0 Å². The molecule has 0 radical (unpaired) electrons. The Balaban J connectivity index is 0.00000164. The van der Waals surface area contributed by atoms with E-state index in [0.717, 1.165) is 56.9 Å². The van der Waals surface area contributed by atoms with Crippen molar-refractivity contribution in [2.24, 2.45) is 0 Å². The first-order chi connectivity index (χ1) is 18.6. The second-order valence-electron chi connectivity index (χ2n) is 8.95. The zero-order valence-corrected chi connectivity index (χ0v) is 23.7. The van der Waals surface area contributed by atoms with E-state index in [-0.39, 0.29) is 0 Å². The third-order valence-corrected chi connectivity index (χ3v) is 7.55. The molecule has 0 heterocycles. The molecule has 1 aliphatic carbocycles. The van der Waals surface area contributed by atoms with Crippen LogP contribution in [0.3, 0.4) is 0 Å². The quantitative estimate of drug-likeness (QED) is 0.137. The summed E-state index contributed by atoms with van der Waals surface area (Å²) in [6, 6.07) is 33.2. The van der Waals surface area contributed by atoms with E-state index in [1.165, 1.54) is 0 Å². The van der Waals surface area contributed by atoms with Gasteiger partial charge >= 0.3 is 0 Å². The fraction of sp³-hybridized carbons (Fsp3) is 0.143. The van der Waals surface area contributed by atoms with Gasteiger partial charge in [0.2, 0.25) is 0 Å². The maximum atomic E-state index is 12.9. The van der Waals surface area contributed by atoms with Crippen LogP contribution in [0, 0.1) is 0 Å². The maximum absolute atomic E-state index is 12.9. The Morgan fingerprint density at radius 2 is 1.47 bits per heavy atom. The summed E-state index contributed by atoms with van der Waals surface area (Å²) in [7, 11) is 0. The number of halogens is 1. The minimum Gasteiger partial charge on any atom is -0.376 e. The largest absolute Gasteiger partial charge is 0.376 e. The highest BCUT2D eigenvalue weighted by molar-refractivity contribution is 9.08. The molecule has 0 fully saturated rings. The van der Waals surface area contributed by atoms with Gasteiger partial charge in [0.25, 0.3) is 0 Å². The van der Waals surface area contributed by atoms with Crippen LogP contribution < -0.4 is 4.90 Å². The Bertz CT molecular complexity index is 1460. The van der Waals surface area contributed by atoms with Crippen LogP contribution in [0.1, 0.15) is 42.5 Å². The number of benzene rings is 4. The summed E-state index contributed by atoms with van der Waals surface area (Å²) in [5.74, 6) is 0. The number of alkyl halides is 1. The van der Waals surface area contributed by atoms with Crippen LogP contribution in [0.5, 0.6) is 0 Å². The molecule has 0 amide bonds. The van der Waals surface area contributed by atoms with Gasteiger partial charge in [-0.05, 0) is 54.3 Å². The van der Waals surface area contributed by atoms with Crippen molar-refractivity contribution in [3.8, 4) is 11.1 Å². The molecule has 38 heavy (non-hydrogen) atoms. The Kier molecular flexibility index (Phi) is 8.83. The molecule has 0 spiro atoms. The van der Waals surface area contributed by atoms with Crippen LogP contribution in [0.15, 0.2) is 134 Å². The van der Waals surface area contributed by atoms with E-state index in [2.05, 4.69) is 126 Å². The van der Waals surface area contributed by atoms with Crippen molar-refractivity contribution in [1.82, 2.24) is 0 Å². The van der Waals surface area contributed by atoms with Gasteiger partial charge in [0.05, 0.1) is 5.69 Å². The van der Waals surface area contributed by atoms with E-state index in [0.29, 0.717) is 5.33 Å². The Morgan fingerprint density at radius 1 is 0.842 bits per heavy atom. The minimum atomic E-state index is -1.29. The van der Waals surface area contributed by atoms with Crippen molar-refractivity contribution < 1.29 is 5.11 Å². The highest BCUT2D eigenvalue weighted by atomic mass is 79.9. The average Bonchev–Trinajstić information content (AvgIpc) is 3.26. The summed E-state index contributed by atoms with van der Waals surface area (Å²) in [4.78, 5) is 2.28. The number of nitrogens with zero attached hydrogens (tertiary/aromatic N) is 1. The van der Waals surface area contributed by atoms with Gasteiger partial charge in [0.1, 0.15) is 5.60 Å². The molecule has 192 valence electrons. The first-order valence-electron chi connectivity index (χ1n) is 12.9. The molecule has 5 rings (SSSR count). The fourth-order valence-corrected chi connectivity index (χ4v) is 5.85. The molecule has 3 heteroatoms. The molecule has 1 N–H and O–H groups in total. The molecule has 0 aromatic heterocycles. The van der Waals surface area contributed by atoms with Crippen molar-refractivity contribution in [3.05, 3.63) is 156 Å². The predicted molar refractivity (Wildman–Crippen MR) is 166 cm³/mol. The maximum Gasteiger partial charge on any atom is 0.144 e. The van der Waals surface area contributed by atoms with E-state index in [9.17, 15) is 5.11 Å². The lowest BCUT2D eigenvalue weighted by molar-refractivity contribution is 0.130. The second kappa shape index (κ2) is 12.3. The molecule has 4 aromatic carbocycles. The zero-order chi connectivity index (χ0) is 27.1. The first-order valence-corrected chi connectivity index (χ1v) is 14.0. The molecule has 0 aliphatic heterocycles. The lowest BCUT2D eigenvalue weighted by atomic mass is 9.81. The second-order valence-corrected chi connectivity index (χ2v) is 9.52. The SMILES string of the molecule is C/C=C\C=C(/CC)N(c1ccccc1)c1ccccc1C1(O)c2ccccc2-c2cccc(CBr)c21.C=C. The molecule has 1 atom stereocenters. The van der Waals surface area contributed by atoms with Crippen molar-refractivity contribution in [3.63, 3.8) is 0 Å². The highest BCUT2D eigenvalue weighted by Gasteiger charge is 2.46. The smallest absolute Gasteiger partial charge is 0.144 e. The normalized spacial score (nSPS) is 15.9. The van der Waals surface area contributed by atoms with Crippen LogP contribution in [-0.4, -0.2) is 5.11 Å². The molecule has 1 aliphatic rings. The number of rotatable bonds is 7. The summed E-state index contributed by atoms with van der Waals surface area (Å²) < 4.78 is 0. The fourth-order valence-electron chi connectivity index (χ4n) is 5.38. The Hall–Kier alpha value is -3.66. The molecular formula is C35H34BrNO. The highest BCUT2D eigenvalue weighted by Crippen LogP contribution is 2.55. The van der Waals surface area contributed by atoms with Gasteiger partial charge in [-0.25, -0.2) is 0 Å². The van der Waals surface area contributed by atoms with Gasteiger partial charge in [-0.1, -0.05) is 114 Å². The third kappa shape index (κ3) is 4.69. The molecule has 0 saturated heterocycles. The van der Waals surface area contributed by atoms with Crippen molar-refractivity contribution in [2.45, 2.75) is 31.2 Å². The lowest BCUT2D eigenvalue weighted by Gasteiger charge is -2.35. The van der Waals surface area contributed by atoms with E-state index >= 15 is 0 Å². The van der Waals surface area contributed by atoms with E-state index in [4.69, 9.17) is 0 Å². The van der Waals surface area contributed by atoms with Crippen LogP contribution >= 0.6 is 15.9 Å². The molecule has 0 saturated carbocycles. The lowest BCUT2D eigenvalue weighted by Crippen LogP contribution is -2.30. The monoisotopic (exact) mass is 563 g/mol. The van der Waals surface area contributed by atoms with Crippen LogP contribution in [-0.2, 0) is 10.9 Å². The van der Waals surface area contributed by atoms with Gasteiger partial charge in [-0.15, -0.1) is 13.2 Å². The van der Waals surface area contributed by atoms with Crippen LogP contribution in [0.25, 0.3) is 11.1 Å². The molecular weight excluding hydrogens is 530 g/mol. The molecule has 1 unspecified atom stereocenters. The van der Waals surface area contributed by atoms with Crippen LogP contribution in [0.2, 0.25) is 0 Å². The van der Waals surface area contributed by atoms with E-state index in [1.54, 1.807) is 0 Å². The number of para-hydroxylation sites is 2. The number of hydrogen-bond donors (Lipinski definition) is 1. The number of hydrogen-bond acceptors (Lipinski definition) is 2. The molecule has 0 bridgehead atoms. The topological polar surface area (TPSA) is 23.5 Å². The summed E-state index contributed by atoms with van der Waals surface area (Å²) in [6.45, 7) is 10.2. The van der Waals surface area contributed by atoms with Gasteiger partial charge in [0, 0.05) is 33.4 Å². The van der Waals surface area contributed by atoms with Crippen molar-refractivity contribution in [1.29, 1.82) is 0 Å². The molecule has 2 nitrogen and oxygen atoms in total. The standard InChI is InChI=1S/C33H30BrNO.C2H4/c1-3-5-15-25(4-2)35(26-16-7-6-8-17-26)31-22-12-11-21-30(31)33(36)29-20-10-9-18-27(29)28-19-13-14-24(23-34)32(28)33;1-2/h3,5-22,36H,4,23H2,1-2H3;1-2H2/b5-3-,25-15+;. The van der Waals surface area contributed by atoms with E-state index < -0.39 is 5.60 Å². The first kappa shape index (κ1) is 27.4. The Morgan fingerprint density at radius 3 is 2.16 bits per heavy atom. The number of fused-ring (bicyclic) bond motifs is 3. The summed E-state index contributed by atoms with van der Waals surface area (Å²) in [5, 5.41) is 13.6. The summed E-state index contributed by atoms with van der Waals surface area (Å²) >= 11 is 3.69. The average molecular weight is 565 g/mol. The van der Waals surface area contributed by atoms with E-state index in [1.807, 2.05) is 37.3 Å². The Labute approximate surface area is 235 Å². The van der Waals surface area contributed by atoms with Gasteiger partial charge < -0.3 is 10.0 Å². The summed E-state index contributed by atoms with van der Waals surface area (Å²) in [5.41, 5.74) is 7.90. The zero-order valence-electron chi connectivity index (χ0n) is 22.1. The summed E-state index contributed by atoms with van der Waals surface area (Å²) in [6.07, 6.45) is 7.12. The predicted octanol–water partition coefficient (Wildman–Crippen LogP) is 9.66. The van der Waals surface area contributed by atoms with Gasteiger partial charge in [0.15, 0.2) is 0 Å². The molecule has 4 aromatic rings. The van der Waals surface area contributed by atoms with Crippen molar-refractivity contribution >= 4 is 27.3 Å². The van der Waals surface area contributed by atoms with Crippen LogP contribution in [0.4, 0.5) is 11.4 Å². The number of aliphatic hydroxyl groups is 1. The van der Waals surface area contributed by atoms with Crippen molar-refractivity contribution in [2.75, 3.05) is 4.90 Å². The third-order valence-electron chi connectivity index (χ3n) is 6.94. The number of allylic oxidation sites excluding steroid dienone is 4. The number of anilines is 2.